The van der Waals surface area contributed by atoms with Crippen molar-refractivity contribution in [2.24, 2.45) is 0 Å². The molecule has 118 valence electrons. The summed E-state index contributed by atoms with van der Waals surface area (Å²) in [6, 6.07) is 10.8. The average Bonchev–Trinajstić information content (AvgIpc) is 2.82. The van der Waals surface area contributed by atoms with Crippen LogP contribution in [0.5, 0.6) is 11.5 Å². The lowest BCUT2D eigenvalue weighted by molar-refractivity contribution is -0.0580. The Hall–Kier alpha value is -2.53. The molecule has 2 aromatic rings. The second kappa shape index (κ2) is 4.73. The van der Waals surface area contributed by atoms with Crippen molar-refractivity contribution in [2.45, 2.75) is 12.1 Å². The summed E-state index contributed by atoms with van der Waals surface area (Å²) >= 11 is 0. The number of hydrogen-bond donors (Lipinski definition) is 1. The lowest BCUT2D eigenvalue weighted by Gasteiger charge is -2.41. The molecule has 0 bridgehead atoms. The largest absolute Gasteiger partial charge is 0.496 e. The minimum absolute atomic E-state index is 0.154. The fourth-order valence-corrected chi connectivity index (χ4v) is 3.77. The second-order valence-electron chi connectivity index (χ2n) is 5.75. The number of amides is 1. The van der Waals surface area contributed by atoms with Gasteiger partial charge in [0.1, 0.15) is 11.5 Å². The van der Waals surface area contributed by atoms with E-state index in [-0.39, 0.29) is 5.91 Å². The third kappa shape index (κ3) is 1.63. The van der Waals surface area contributed by atoms with Crippen molar-refractivity contribution < 1.29 is 19.4 Å². The molecule has 0 fully saturated rings. The van der Waals surface area contributed by atoms with Crippen molar-refractivity contribution in [2.75, 3.05) is 20.8 Å². The number of methoxy groups -OCH3 is 2. The first kappa shape index (κ1) is 14.1. The summed E-state index contributed by atoms with van der Waals surface area (Å²) < 4.78 is 10.9. The number of hydrogen-bond acceptors (Lipinski definition) is 4. The van der Waals surface area contributed by atoms with E-state index in [0.717, 1.165) is 5.56 Å². The SMILES string of the molecule is COc1ccc(OC)c2c1CCN1C(=O)c3ccccc3[C@@]21O. The van der Waals surface area contributed by atoms with Crippen LogP contribution in [0, 0.1) is 0 Å². The van der Waals surface area contributed by atoms with Gasteiger partial charge in [0.15, 0.2) is 5.72 Å². The van der Waals surface area contributed by atoms with Crippen LogP contribution in [-0.4, -0.2) is 36.7 Å². The maximum atomic E-state index is 12.7. The molecule has 1 amide bonds. The normalized spacial score (nSPS) is 21.5. The van der Waals surface area contributed by atoms with Crippen LogP contribution in [0.25, 0.3) is 0 Å². The van der Waals surface area contributed by atoms with Crippen LogP contribution in [0.2, 0.25) is 0 Å². The molecule has 4 rings (SSSR count). The molecule has 1 atom stereocenters. The Morgan fingerprint density at radius 3 is 2.52 bits per heavy atom. The number of carbonyl (C=O) groups is 1. The van der Waals surface area contributed by atoms with E-state index in [1.807, 2.05) is 18.2 Å². The number of ether oxygens (including phenoxy) is 2. The molecule has 2 heterocycles. The van der Waals surface area contributed by atoms with Crippen LogP contribution in [0.15, 0.2) is 36.4 Å². The van der Waals surface area contributed by atoms with Crippen molar-refractivity contribution >= 4 is 5.91 Å². The fraction of sp³-hybridized carbons (Fsp3) is 0.278. The van der Waals surface area contributed by atoms with Gasteiger partial charge >= 0.3 is 0 Å². The van der Waals surface area contributed by atoms with Crippen molar-refractivity contribution in [3.8, 4) is 11.5 Å². The van der Waals surface area contributed by atoms with E-state index in [2.05, 4.69) is 0 Å². The summed E-state index contributed by atoms with van der Waals surface area (Å²) in [6.45, 7) is 0.431. The summed E-state index contributed by atoms with van der Waals surface area (Å²) in [5, 5.41) is 11.6. The standard InChI is InChI=1S/C18H17NO4/c1-22-14-7-8-15(23-2)16-12(14)9-10-19-17(20)11-5-3-4-6-13(11)18(16,19)21/h3-8,21H,9-10H2,1-2H3/t18-/m1/s1. The Balaban J connectivity index is 2.07. The molecule has 1 N–H and O–H groups in total. The number of fused-ring (bicyclic) bond motifs is 5. The van der Waals surface area contributed by atoms with Crippen LogP contribution < -0.4 is 9.47 Å². The molecule has 2 aromatic carbocycles. The molecule has 5 nitrogen and oxygen atoms in total. The third-order valence-electron chi connectivity index (χ3n) is 4.77. The van der Waals surface area contributed by atoms with Crippen LogP contribution >= 0.6 is 0 Å². The van der Waals surface area contributed by atoms with E-state index in [9.17, 15) is 9.90 Å². The van der Waals surface area contributed by atoms with Crippen molar-refractivity contribution in [1.29, 1.82) is 0 Å². The maximum absolute atomic E-state index is 12.7. The zero-order valence-electron chi connectivity index (χ0n) is 13.0. The van der Waals surface area contributed by atoms with E-state index in [4.69, 9.17) is 9.47 Å². The van der Waals surface area contributed by atoms with Crippen LogP contribution in [0.3, 0.4) is 0 Å². The minimum atomic E-state index is -1.51. The van der Waals surface area contributed by atoms with Gasteiger partial charge in [-0.2, -0.15) is 0 Å². The molecule has 0 unspecified atom stereocenters. The van der Waals surface area contributed by atoms with Gasteiger partial charge in [0.25, 0.3) is 5.91 Å². The predicted molar refractivity (Wildman–Crippen MR) is 83.7 cm³/mol. The Kier molecular flexibility index (Phi) is 2.90. The Labute approximate surface area is 134 Å². The summed E-state index contributed by atoms with van der Waals surface area (Å²) in [4.78, 5) is 14.2. The lowest BCUT2D eigenvalue weighted by Crippen LogP contribution is -2.49. The molecular weight excluding hydrogens is 294 g/mol. The first-order chi connectivity index (χ1) is 11.1. The average molecular weight is 311 g/mol. The number of carbonyl (C=O) groups excluding carboxylic acids is 1. The monoisotopic (exact) mass is 311 g/mol. The zero-order chi connectivity index (χ0) is 16.2. The Morgan fingerprint density at radius 2 is 1.78 bits per heavy atom. The quantitative estimate of drug-likeness (QED) is 0.920. The fourth-order valence-electron chi connectivity index (χ4n) is 3.77. The third-order valence-corrected chi connectivity index (χ3v) is 4.77. The summed E-state index contributed by atoms with van der Waals surface area (Å²) in [5.41, 5.74) is 1.10. The topological polar surface area (TPSA) is 59.0 Å². The van der Waals surface area contributed by atoms with E-state index in [1.54, 1.807) is 32.4 Å². The van der Waals surface area contributed by atoms with Gasteiger partial charge in [0.05, 0.1) is 19.8 Å². The van der Waals surface area contributed by atoms with E-state index < -0.39 is 5.72 Å². The van der Waals surface area contributed by atoms with Gasteiger partial charge in [-0.3, -0.25) is 4.79 Å². The lowest BCUT2D eigenvalue weighted by atomic mass is 9.85. The summed E-state index contributed by atoms with van der Waals surface area (Å²) in [6.07, 6.45) is 0.609. The molecule has 2 aliphatic rings. The molecule has 0 aliphatic carbocycles. The first-order valence-corrected chi connectivity index (χ1v) is 7.51. The molecule has 23 heavy (non-hydrogen) atoms. The van der Waals surface area contributed by atoms with Crippen molar-refractivity contribution in [1.82, 2.24) is 4.90 Å². The molecule has 0 saturated heterocycles. The van der Waals surface area contributed by atoms with Crippen LogP contribution in [0.1, 0.15) is 27.0 Å². The number of nitrogens with zero attached hydrogens (tertiary/aromatic N) is 1. The number of benzene rings is 2. The zero-order valence-corrected chi connectivity index (χ0v) is 13.0. The summed E-state index contributed by atoms with van der Waals surface area (Å²) in [7, 11) is 3.17. The maximum Gasteiger partial charge on any atom is 0.257 e. The smallest absolute Gasteiger partial charge is 0.257 e. The molecule has 0 saturated carbocycles. The van der Waals surface area contributed by atoms with E-state index in [1.165, 1.54) is 4.90 Å². The highest BCUT2D eigenvalue weighted by molar-refractivity contribution is 6.01. The highest BCUT2D eigenvalue weighted by atomic mass is 16.5. The van der Waals surface area contributed by atoms with E-state index in [0.29, 0.717) is 41.2 Å². The molecule has 0 radical (unpaired) electrons. The molecule has 2 aliphatic heterocycles. The van der Waals surface area contributed by atoms with Crippen LogP contribution in [0.4, 0.5) is 0 Å². The van der Waals surface area contributed by atoms with Crippen molar-refractivity contribution in [3.05, 3.63) is 58.7 Å². The number of rotatable bonds is 2. The highest BCUT2D eigenvalue weighted by Crippen LogP contribution is 2.50. The molecule has 5 heteroatoms. The van der Waals surface area contributed by atoms with Gasteiger partial charge in [-0.05, 0) is 24.6 Å². The summed E-state index contributed by atoms with van der Waals surface area (Å²) in [5.74, 6) is 1.10. The van der Waals surface area contributed by atoms with Gasteiger partial charge in [0, 0.05) is 23.2 Å². The van der Waals surface area contributed by atoms with Crippen LogP contribution in [-0.2, 0) is 12.1 Å². The second-order valence-corrected chi connectivity index (χ2v) is 5.75. The first-order valence-electron chi connectivity index (χ1n) is 7.51. The number of aliphatic hydroxyl groups is 1. The molecule has 0 spiro atoms. The Morgan fingerprint density at radius 1 is 1.09 bits per heavy atom. The van der Waals surface area contributed by atoms with Gasteiger partial charge in [-0.15, -0.1) is 0 Å². The van der Waals surface area contributed by atoms with Gasteiger partial charge in [-0.1, -0.05) is 18.2 Å². The predicted octanol–water partition coefficient (Wildman–Crippen LogP) is 1.91. The highest BCUT2D eigenvalue weighted by Gasteiger charge is 2.54. The van der Waals surface area contributed by atoms with Gasteiger partial charge in [0.2, 0.25) is 0 Å². The minimum Gasteiger partial charge on any atom is -0.496 e. The molecular formula is C18H17NO4. The van der Waals surface area contributed by atoms with Crippen molar-refractivity contribution in [3.63, 3.8) is 0 Å². The van der Waals surface area contributed by atoms with Gasteiger partial charge < -0.3 is 19.5 Å². The van der Waals surface area contributed by atoms with Gasteiger partial charge in [-0.25, -0.2) is 0 Å². The molecule has 0 aromatic heterocycles. The Bertz CT molecular complexity index is 817. The van der Waals surface area contributed by atoms with E-state index >= 15 is 0 Å².